The quantitative estimate of drug-likeness (QED) is 0.0346. The highest BCUT2D eigenvalue weighted by Gasteiger charge is 2.17. The van der Waals surface area contributed by atoms with Crippen LogP contribution in [0.25, 0.3) is 0 Å². The van der Waals surface area contributed by atoms with Crippen LogP contribution in [-0.2, 0) is 23.8 Å². The van der Waals surface area contributed by atoms with Crippen LogP contribution in [0.3, 0.4) is 0 Å². The van der Waals surface area contributed by atoms with Crippen LogP contribution in [0.15, 0.2) is 72.9 Å². The third-order valence-corrected chi connectivity index (χ3v) is 11.2. The molecule has 0 saturated carbocycles. The minimum Gasteiger partial charge on any atom is -0.462 e. The van der Waals surface area contributed by atoms with Gasteiger partial charge in [0.15, 0.2) is 6.10 Å². The number of hydrogen-bond donors (Lipinski definition) is 0. The summed E-state index contributed by atoms with van der Waals surface area (Å²) in [5, 5.41) is 0. The van der Waals surface area contributed by atoms with E-state index in [2.05, 4.69) is 93.7 Å². The molecule has 0 heterocycles. The first-order valence-electron chi connectivity index (χ1n) is 26.5. The number of rotatable bonds is 48. The molecule has 0 N–H and O–H groups in total. The molecule has 0 bridgehead atoms. The van der Waals surface area contributed by atoms with E-state index in [1.54, 1.807) is 0 Å². The Morgan fingerprint density at radius 3 is 1.23 bits per heavy atom. The highest BCUT2D eigenvalue weighted by Crippen LogP contribution is 2.15. The fourth-order valence-electron chi connectivity index (χ4n) is 7.30. The van der Waals surface area contributed by atoms with Gasteiger partial charge >= 0.3 is 11.9 Å². The van der Waals surface area contributed by atoms with Crippen molar-refractivity contribution in [3.8, 4) is 0 Å². The van der Waals surface area contributed by atoms with Crippen LogP contribution in [0.1, 0.15) is 252 Å². The van der Waals surface area contributed by atoms with Crippen molar-refractivity contribution in [2.24, 2.45) is 0 Å². The maximum Gasteiger partial charge on any atom is 0.306 e. The van der Waals surface area contributed by atoms with E-state index in [1.807, 2.05) is 0 Å². The number of allylic oxidation sites excluding steroid dienone is 12. The molecular weight excluding hydrogens is 765 g/mol. The first-order valence-corrected chi connectivity index (χ1v) is 26.5. The molecular formula is C57H100O5. The monoisotopic (exact) mass is 865 g/mol. The molecule has 5 nitrogen and oxygen atoms in total. The zero-order valence-electron chi connectivity index (χ0n) is 41.1. The third-order valence-electron chi connectivity index (χ3n) is 11.2. The van der Waals surface area contributed by atoms with E-state index in [0.29, 0.717) is 19.4 Å². The Balaban J connectivity index is 4.34. The van der Waals surface area contributed by atoms with E-state index in [4.69, 9.17) is 14.2 Å². The fraction of sp³-hybridized carbons (Fsp3) is 0.754. The Morgan fingerprint density at radius 2 is 0.726 bits per heavy atom. The van der Waals surface area contributed by atoms with Crippen LogP contribution < -0.4 is 0 Å². The second-order valence-electron chi connectivity index (χ2n) is 17.4. The van der Waals surface area contributed by atoms with Gasteiger partial charge in [-0.05, 0) is 89.9 Å². The first-order chi connectivity index (χ1) is 30.6. The number of unbranched alkanes of at least 4 members (excludes halogenated alkanes) is 25. The predicted molar refractivity (Wildman–Crippen MR) is 270 cm³/mol. The van der Waals surface area contributed by atoms with Crippen molar-refractivity contribution in [3.63, 3.8) is 0 Å². The molecule has 0 aliphatic heterocycles. The summed E-state index contributed by atoms with van der Waals surface area (Å²) in [5.41, 5.74) is 0. The van der Waals surface area contributed by atoms with Gasteiger partial charge in [0.05, 0.1) is 6.61 Å². The van der Waals surface area contributed by atoms with Gasteiger partial charge in [0.1, 0.15) is 6.61 Å². The lowest BCUT2D eigenvalue weighted by Gasteiger charge is -2.18. The molecule has 0 aromatic rings. The van der Waals surface area contributed by atoms with E-state index >= 15 is 0 Å². The summed E-state index contributed by atoms with van der Waals surface area (Å²) in [5.74, 6) is -0.455. The molecule has 0 spiro atoms. The van der Waals surface area contributed by atoms with Crippen molar-refractivity contribution in [2.75, 3.05) is 19.8 Å². The highest BCUT2D eigenvalue weighted by atomic mass is 16.6. The van der Waals surface area contributed by atoms with Crippen molar-refractivity contribution < 1.29 is 23.8 Å². The summed E-state index contributed by atoms with van der Waals surface area (Å²) < 4.78 is 17.4. The van der Waals surface area contributed by atoms with Crippen LogP contribution >= 0.6 is 0 Å². The summed E-state index contributed by atoms with van der Waals surface area (Å²) in [4.78, 5) is 25.4. The second kappa shape index (κ2) is 52.7. The Hall–Kier alpha value is -2.66. The number of esters is 2. The predicted octanol–water partition coefficient (Wildman–Crippen LogP) is 17.9. The van der Waals surface area contributed by atoms with E-state index < -0.39 is 6.10 Å². The topological polar surface area (TPSA) is 61.8 Å². The lowest BCUT2D eigenvalue weighted by molar-refractivity contribution is -0.163. The lowest BCUT2D eigenvalue weighted by atomic mass is 10.0. The average molecular weight is 865 g/mol. The van der Waals surface area contributed by atoms with Gasteiger partial charge in [0.2, 0.25) is 0 Å². The molecule has 1 unspecified atom stereocenters. The summed E-state index contributed by atoms with van der Waals surface area (Å²) in [6, 6.07) is 0. The van der Waals surface area contributed by atoms with Crippen LogP contribution in [0.4, 0.5) is 0 Å². The summed E-state index contributed by atoms with van der Waals surface area (Å²) in [7, 11) is 0. The average Bonchev–Trinajstić information content (AvgIpc) is 3.27. The molecule has 0 radical (unpaired) electrons. The van der Waals surface area contributed by atoms with Gasteiger partial charge in [0.25, 0.3) is 0 Å². The van der Waals surface area contributed by atoms with Gasteiger partial charge in [-0.25, -0.2) is 0 Å². The zero-order valence-corrected chi connectivity index (χ0v) is 41.1. The summed E-state index contributed by atoms with van der Waals surface area (Å²) >= 11 is 0. The molecule has 1 atom stereocenters. The third kappa shape index (κ3) is 50.0. The van der Waals surface area contributed by atoms with Gasteiger partial charge in [-0.3, -0.25) is 9.59 Å². The van der Waals surface area contributed by atoms with Gasteiger partial charge in [0, 0.05) is 19.4 Å². The van der Waals surface area contributed by atoms with E-state index in [-0.39, 0.29) is 25.2 Å². The minimum atomic E-state index is -0.560. The largest absolute Gasteiger partial charge is 0.462 e. The maximum absolute atomic E-state index is 12.8. The van der Waals surface area contributed by atoms with Crippen molar-refractivity contribution in [3.05, 3.63) is 72.9 Å². The fourth-order valence-corrected chi connectivity index (χ4v) is 7.30. The van der Waals surface area contributed by atoms with Gasteiger partial charge in [-0.15, -0.1) is 0 Å². The lowest BCUT2D eigenvalue weighted by Crippen LogP contribution is -2.30. The number of hydrogen-bond acceptors (Lipinski definition) is 5. The van der Waals surface area contributed by atoms with Crippen molar-refractivity contribution in [1.29, 1.82) is 0 Å². The Kier molecular flexibility index (Phi) is 50.4. The van der Waals surface area contributed by atoms with Crippen LogP contribution in [0.5, 0.6) is 0 Å². The van der Waals surface area contributed by atoms with Crippen molar-refractivity contribution in [1.82, 2.24) is 0 Å². The number of carbonyl (C=O) groups excluding carboxylic acids is 2. The summed E-state index contributed by atoms with van der Waals surface area (Å²) in [6.45, 7) is 7.65. The molecule has 5 heteroatoms. The Morgan fingerprint density at radius 1 is 0.371 bits per heavy atom. The van der Waals surface area contributed by atoms with Crippen LogP contribution in [0.2, 0.25) is 0 Å². The molecule has 0 aromatic heterocycles. The summed E-state index contributed by atoms with van der Waals surface area (Å²) in [6.07, 6.45) is 67.7. The molecule has 0 aliphatic carbocycles. The Bertz CT molecular complexity index is 1110. The maximum atomic E-state index is 12.8. The van der Waals surface area contributed by atoms with Gasteiger partial charge in [-0.1, -0.05) is 222 Å². The Labute approximate surface area is 385 Å². The standard InChI is InChI=1S/C57H100O5/c1-4-7-10-13-16-19-22-25-28-31-34-37-40-43-46-49-52-60-53-55(62-57(59)51-48-45-42-39-36-33-30-27-24-21-18-15-12-9-6-3)54-61-56(58)50-47-44-41-38-35-32-29-26-23-20-17-14-11-8-5-2/h8,11,17-18,20-21,26-27,29-30,35,38,55H,4-7,9-10,12-16,19,22-25,28,31-34,36-37,39-54H2,1-3H3/b11-8-,20-17-,21-18-,29-26-,30-27-,38-35-. The molecule has 0 fully saturated rings. The van der Waals surface area contributed by atoms with Crippen molar-refractivity contribution in [2.45, 2.75) is 258 Å². The van der Waals surface area contributed by atoms with E-state index in [1.165, 1.54) is 128 Å². The number of carbonyl (C=O) groups is 2. The van der Waals surface area contributed by atoms with E-state index in [9.17, 15) is 9.59 Å². The normalized spacial score (nSPS) is 12.8. The van der Waals surface area contributed by atoms with Gasteiger partial charge < -0.3 is 14.2 Å². The molecule has 0 amide bonds. The van der Waals surface area contributed by atoms with Crippen LogP contribution in [-0.4, -0.2) is 37.9 Å². The van der Waals surface area contributed by atoms with Crippen LogP contribution in [0, 0.1) is 0 Å². The molecule has 62 heavy (non-hydrogen) atoms. The SMILES string of the molecule is CC/C=C\C/C=C\C/C=C\C/C=C\CCCCC(=O)OCC(COCCCCCCCCCCCCCCCCCC)OC(=O)CCCCCCC/C=C\C/C=C\CCCCC. The van der Waals surface area contributed by atoms with E-state index in [0.717, 1.165) is 89.9 Å². The molecule has 0 rings (SSSR count). The molecule has 0 aliphatic rings. The minimum absolute atomic E-state index is 0.0581. The second-order valence-corrected chi connectivity index (χ2v) is 17.4. The highest BCUT2D eigenvalue weighted by molar-refractivity contribution is 5.70. The molecule has 0 aromatic carbocycles. The smallest absolute Gasteiger partial charge is 0.306 e. The zero-order chi connectivity index (χ0) is 44.9. The first kappa shape index (κ1) is 59.3. The molecule has 0 saturated heterocycles. The van der Waals surface area contributed by atoms with Crippen molar-refractivity contribution >= 4 is 11.9 Å². The number of ether oxygens (including phenoxy) is 3. The van der Waals surface area contributed by atoms with Gasteiger partial charge in [-0.2, -0.15) is 0 Å². The molecule has 358 valence electrons.